The minimum absolute atomic E-state index is 0.0176. The molecule has 0 aliphatic rings. The quantitative estimate of drug-likeness (QED) is 0.620. The van der Waals surface area contributed by atoms with Gasteiger partial charge in [0.05, 0.1) is 23.7 Å². The van der Waals surface area contributed by atoms with Gasteiger partial charge in [0.15, 0.2) is 0 Å². The van der Waals surface area contributed by atoms with E-state index < -0.39 is 16.0 Å². The van der Waals surface area contributed by atoms with Crippen LogP contribution < -0.4 is 4.89 Å². The molecule has 1 aromatic rings. The largest absolute Gasteiger partial charge is 0.462 e. The van der Waals surface area contributed by atoms with Gasteiger partial charge in [0.1, 0.15) is 0 Å². The van der Waals surface area contributed by atoms with E-state index in [2.05, 4.69) is 4.84 Å². The van der Waals surface area contributed by atoms with Crippen molar-refractivity contribution in [3.63, 3.8) is 0 Å². The second-order valence-corrected chi connectivity index (χ2v) is 4.91. The summed E-state index contributed by atoms with van der Waals surface area (Å²) in [6, 6.07) is 5.40. The van der Waals surface area contributed by atoms with E-state index in [1.165, 1.54) is 24.3 Å². The zero-order chi connectivity index (χ0) is 13.6. The molecule has 6 nitrogen and oxygen atoms in total. The summed E-state index contributed by atoms with van der Waals surface area (Å²) in [5, 5.41) is 0. The molecule has 0 heterocycles. The Kier molecular flexibility index (Phi) is 5.26. The van der Waals surface area contributed by atoms with Gasteiger partial charge in [0, 0.05) is 0 Å². The molecule has 0 unspecified atom stereocenters. The Labute approximate surface area is 106 Å². The van der Waals surface area contributed by atoms with Crippen molar-refractivity contribution in [2.75, 3.05) is 13.2 Å². The summed E-state index contributed by atoms with van der Waals surface area (Å²) in [7, 11) is -3.70. The maximum atomic E-state index is 11.6. The van der Waals surface area contributed by atoms with Gasteiger partial charge in [-0.2, -0.15) is 0 Å². The maximum Gasteiger partial charge on any atom is 0.338 e. The predicted molar refractivity (Wildman–Crippen MR) is 64.3 cm³/mol. The SMILES string of the molecule is CCONS(=O)(=O)c1ccc(C(=O)OCC)cc1. The number of sulfonamides is 1. The monoisotopic (exact) mass is 273 g/mol. The molecule has 0 aromatic heterocycles. The second kappa shape index (κ2) is 6.48. The molecule has 0 saturated carbocycles. The Hall–Kier alpha value is -1.44. The van der Waals surface area contributed by atoms with E-state index in [1.54, 1.807) is 13.8 Å². The molecule has 7 heteroatoms. The highest BCUT2D eigenvalue weighted by molar-refractivity contribution is 7.89. The highest BCUT2D eigenvalue weighted by Gasteiger charge is 2.15. The summed E-state index contributed by atoms with van der Waals surface area (Å²) in [6.45, 7) is 3.85. The Morgan fingerprint density at radius 3 is 2.28 bits per heavy atom. The van der Waals surface area contributed by atoms with Crippen LogP contribution in [0.15, 0.2) is 29.2 Å². The van der Waals surface area contributed by atoms with E-state index in [1.807, 2.05) is 4.89 Å². The normalized spacial score (nSPS) is 11.2. The first-order valence-electron chi connectivity index (χ1n) is 5.42. The van der Waals surface area contributed by atoms with Crippen LogP contribution in [-0.2, 0) is 19.6 Å². The number of benzene rings is 1. The summed E-state index contributed by atoms with van der Waals surface area (Å²) < 4.78 is 28.1. The predicted octanol–water partition coefficient (Wildman–Crippen LogP) is 1.09. The molecule has 0 aliphatic heterocycles. The second-order valence-electron chi connectivity index (χ2n) is 3.26. The van der Waals surface area contributed by atoms with Crippen LogP contribution in [-0.4, -0.2) is 27.6 Å². The fourth-order valence-electron chi connectivity index (χ4n) is 1.17. The van der Waals surface area contributed by atoms with Crippen molar-refractivity contribution in [1.29, 1.82) is 0 Å². The van der Waals surface area contributed by atoms with Crippen molar-refractivity contribution in [1.82, 2.24) is 4.89 Å². The van der Waals surface area contributed by atoms with Gasteiger partial charge >= 0.3 is 5.97 Å². The summed E-state index contributed by atoms with van der Waals surface area (Å²) in [5.74, 6) is -0.487. The third kappa shape index (κ3) is 3.80. The lowest BCUT2D eigenvalue weighted by atomic mass is 10.2. The third-order valence-electron chi connectivity index (χ3n) is 1.99. The molecule has 0 atom stereocenters. The van der Waals surface area contributed by atoms with Gasteiger partial charge in [0.2, 0.25) is 0 Å². The first-order valence-corrected chi connectivity index (χ1v) is 6.90. The Morgan fingerprint density at radius 2 is 1.78 bits per heavy atom. The van der Waals surface area contributed by atoms with Gasteiger partial charge in [-0.15, -0.1) is 0 Å². The lowest BCUT2D eigenvalue weighted by Gasteiger charge is -2.06. The van der Waals surface area contributed by atoms with Crippen molar-refractivity contribution in [2.45, 2.75) is 18.7 Å². The number of esters is 1. The number of ether oxygens (including phenoxy) is 1. The van der Waals surface area contributed by atoms with Gasteiger partial charge in [-0.3, -0.25) is 4.84 Å². The molecule has 0 fully saturated rings. The van der Waals surface area contributed by atoms with Crippen LogP contribution in [0.2, 0.25) is 0 Å². The van der Waals surface area contributed by atoms with E-state index in [0.29, 0.717) is 5.56 Å². The molecule has 0 amide bonds. The van der Waals surface area contributed by atoms with Crippen LogP contribution in [0.1, 0.15) is 24.2 Å². The van der Waals surface area contributed by atoms with Gasteiger partial charge in [-0.1, -0.05) is 4.89 Å². The number of hydrogen-bond acceptors (Lipinski definition) is 5. The molecule has 1 aromatic carbocycles. The van der Waals surface area contributed by atoms with Gasteiger partial charge in [-0.05, 0) is 38.1 Å². The van der Waals surface area contributed by atoms with E-state index >= 15 is 0 Å². The van der Waals surface area contributed by atoms with Crippen LogP contribution in [0, 0.1) is 0 Å². The first kappa shape index (κ1) is 14.6. The van der Waals surface area contributed by atoms with Crippen LogP contribution in [0.5, 0.6) is 0 Å². The molecule has 0 radical (unpaired) electrons. The summed E-state index contributed by atoms with van der Waals surface area (Å²) in [5.41, 5.74) is 0.298. The maximum absolute atomic E-state index is 11.6. The third-order valence-corrected chi connectivity index (χ3v) is 3.22. The molecule has 0 saturated heterocycles. The highest BCUT2D eigenvalue weighted by atomic mass is 32.2. The van der Waals surface area contributed by atoms with E-state index in [-0.39, 0.29) is 18.1 Å². The van der Waals surface area contributed by atoms with Crippen molar-refractivity contribution < 1.29 is 22.8 Å². The summed E-state index contributed by atoms with van der Waals surface area (Å²) in [6.07, 6.45) is 0. The minimum Gasteiger partial charge on any atom is -0.462 e. The number of nitrogens with one attached hydrogen (secondary N) is 1. The fraction of sp³-hybridized carbons (Fsp3) is 0.364. The van der Waals surface area contributed by atoms with Crippen molar-refractivity contribution in [2.24, 2.45) is 0 Å². The number of hydrogen-bond donors (Lipinski definition) is 1. The van der Waals surface area contributed by atoms with Crippen LogP contribution in [0.25, 0.3) is 0 Å². The molecule has 1 rings (SSSR count). The molecular formula is C11H15NO5S. The van der Waals surface area contributed by atoms with Gasteiger partial charge < -0.3 is 4.74 Å². The minimum atomic E-state index is -3.70. The van der Waals surface area contributed by atoms with Gasteiger partial charge in [-0.25, -0.2) is 13.2 Å². The number of carbonyl (C=O) groups is 1. The topological polar surface area (TPSA) is 81.7 Å². The highest BCUT2D eigenvalue weighted by Crippen LogP contribution is 2.11. The van der Waals surface area contributed by atoms with E-state index in [9.17, 15) is 13.2 Å². The van der Waals surface area contributed by atoms with E-state index in [4.69, 9.17) is 4.74 Å². The van der Waals surface area contributed by atoms with Crippen LogP contribution in [0.4, 0.5) is 0 Å². The molecule has 0 bridgehead atoms. The molecule has 0 aliphatic carbocycles. The van der Waals surface area contributed by atoms with Crippen molar-refractivity contribution in [3.05, 3.63) is 29.8 Å². The average molecular weight is 273 g/mol. The smallest absolute Gasteiger partial charge is 0.338 e. The van der Waals surface area contributed by atoms with Gasteiger partial charge in [0.25, 0.3) is 10.0 Å². The molecule has 100 valence electrons. The Bertz CT molecular complexity index is 495. The van der Waals surface area contributed by atoms with Crippen molar-refractivity contribution in [3.8, 4) is 0 Å². The standard InChI is InChI=1S/C11H15NO5S/c1-3-16-11(13)9-5-7-10(8-6-9)18(14,15)12-17-4-2/h5-8,12H,3-4H2,1-2H3. The van der Waals surface area contributed by atoms with Crippen LogP contribution in [0.3, 0.4) is 0 Å². The Balaban J connectivity index is 2.85. The number of carbonyl (C=O) groups excluding carboxylic acids is 1. The lowest BCUT2D eigenvalue weighted by molar-refractivity contribution is 0.0526. The van der Waals surface area contributed by atoms with E-state index in [0.717, 1.165) is 0 Å². The summed E-state index contributed by atoms with van der Waals surface area (Å²) >= 11 is 0. The molecule has 0 spiro atoms. The zero-order valence-corrected chi connectivity index (χ0v) is 11.0. The Morgan fingerprint density at radius 1 is 1.17 bits per heavy atom. The molecular weight excluding hydrogens is 258 g/mol. The average Bonchev–Trinajstić information content (AvgIpc) is 2.37. The van der Waals surface area contributed by atoms with Crippen molar-refractivity contribution >= 4 is 16.0 Å². The molecule has 18 heavy (non-hydrogen) atoms. The van der Waals surface area contributed by atoms with Crippen LogP contribution >= 0.6 is 0 Å². The summed E-state index contributed by atoms with van der Waals surface area (Å²) in [4.78, 5) is 18.0. The zero-order valence-electron chi connectivity index (χ0n) is 10.2. The fourth-order valence-corrected chi connectivity index (χ4v) is 2.03. The molecule has 1 N–H and O–H groups in total. The lowest BCUT2D eigenvalue weighted by Crippen LogP contribution is -2.24. The first-order chi connectivity index (χ1) is 8.51. The number of rotatable bonds is 6.